The van der Waals surface area contributed by atoms with Gasteiger partial charge in [0.15, 0.2) is 0 Å². The van der Waals surface area contributed by atoms with Crippen molar-refractivity contribution in [2.75, 3.05) is 19.6 Å². The van der Waals surface area contributed by atoms with Crippen LogP contribution in [0.1, 0.15) is 24.8 Å². The van der Waals surface area contributed by atoms with Crippen molar-refractivity contribution in [3.63, 3.8) is 0 Å². The highest BCUT2D eigenvalue weighted by molar-refractivity contribution is 7.10. The largest absolute Gasteiger partial charge is 0.373 e. The Morgan fingerprint density at radius 1 is 1.50 bits per heavy atom. The van der Waals surface area contributed by atoms with Gasteiger partial charge in [-0.05, 0) is 25.3 Å². The summed E-state index contributed by atoms with van der Waals surface area (Å²) in [6.07, 6.45) is 0.607. The molecule has 2 heterocycles. The van der Waals surface area contributed by atoms with Crippen LogP contribution in [0.15, 0.2) is 17.5 Å². The lowest BCUT2D eigenvalue weighted by molar-refractivity contribution is -0.0795. The molecule has 0 spiro atoms. The summed E-state index contributed by atoms with van der Waals surface area (Å²) in [4.78, 5) is 3.81. The second kappa shape index (κ2) is 5.27. The molecule has 16 heavy (non-hydrogen) atoms. The molecule has 1 aromatic heterocycles. The van der Waals surface area contributed by atoms with E-state index in [0.29, 0.717) is 24.8 Å². The molecule has 0 radical (unpaired) electrons. The monoisotopic (exact) mass is 240 g/mol. The smallest absolute Gasteiger partial charge is 0.0678 e. The maximum Gasteiger partial charge on any atom is 0.0678 e. The van der Waals surface area contributed by atoms with Crippen molar-refractivity contribution in [2.45, 2.75) is 32.1 Å². The predicted octanol–water partition coefficient (Wildman–Crippen LogP) is 1.86. The lowest BCUT2D eigenvalue weighted by Gasteiger charge is -2.39. The maximum atomic E-state index is 5.91. The summed E-state index contributed by atoms with van der Waals surface area (Å²) in [5.74, 6) is 0. The minimum absolute atomic E-state index is 0.303. The number of rotatable bonds is 3. The average molecular weight is 240 g/mol. The van der Waals surface area contributed by atoms with Crippen molar-refractivity contribution in [1.82, 2.24) is 4.90 Å². The number of morpholine rings is 1. The van der Waals surface area contributed by atoms with Gasteiger partial charge in [0.2, 0.25) is 0 Å². The highest BCUT2D eigenvalue weighted by Crippen LogP contribution is 2.27. The molecule has 0 aromatic carbocycles. The Labute approximate surface area is 101 Å². The van der Waals surface area contributed by atoms with Crippen molar-refractivity contribution in [3.05, 3.63) is 22.4 Å². The topological polar surface area (TPSA) is 38.5 Å². The standard InChI is InChI=1S/C12H20N2OS/c1-9-7-14(8-10(2)15-9)11(6-13)12-4-3-5-16-12/h3-5,9-11H,6-8,13H2,1-2H3/t9-,10+,11?. The van der Waals surface area contributed by atoms with Gasteiger partial charge in [-0.2, -0.15) is 0 Å². The summed E-state index contributed by atoms with van der Waals surface area (Å²) < 4.78 is 5.75. The minimum Gasteiger partial charge on any atom is -0.373 e. The molecule has 0 aliphatic carbocycles. The number of nitrogens with two attached hydrogens (primary N) is 1. The van der Waals surface area contributed by atoms with Crippen molar-refractivity contribution >= 4 is 11.3 Å². The van der Waals surface area contributed by atoms with Gasteiger partial charge in [-0.3, -0.25) is 4.90 Å². The van der Waals surface area contributed by atoms with Crippen LogP contribution >= 0.6 is 11.3 Å². The fourth-order valence-electron chi connectivity index (χ4n) is 2.40. The van der Waals surface area contributed by atoms with Gasteiger partial charge in [0.05, 0.1) is 18.2 Å². The van der Waals surface area contributed by atoms with Crippen LogP contribution in [0.25, 0.3) is 0 Å². The molecule has 1 fully saturated rings. The van der Waals surface area contributed by atoms with E-state index in [-0.39, 0.29) is 0 Å². The molecule has 2 rings (SSSR count). The summed E-state index contributed by atoms with van der Waals surface area (Å²) in [7, 11) is 0. The van der Waals surface area contributed by atoms with Crippen LogP contribution in [0.4, 0.5) is 0 Å². The lowest BCUT2D eigenvalue weighted by Crippen LogP contribution is -2.48. The van der Waals surface area contributed by atoms with Crippen LogP contribution in [-0.2, 0) is 4.74 Å². The molecule has 0 saturated carbocycles. The summed E-state index contributed by atoms with van der Waals surface area (Å²) in [5.41, 5.74) is 5.91. The van der Waals surface area contributed by atoms with Gasteiger partial charge in [-0.25, -0.2) is 0 Å². The Morgan fingerprint density at radius 2 is 2.19 bits per heavy atom. The van der Waals surface area contributed by atoms with Crippen LogP contribution in [0.5, 0.6) is 0 Å². The predicted molar refractivity (Wildman–Crippen MR) is 67.7 cm³/mol. The van der Waals surface area contributed by atoms with Crippen molar-refractivity contribution in [3.8, 4) is 0 Å². The summed E-state index contributed by atoms with van der Waals surface area (Å²) in [6.45, 7) is 6.89. The van der Waals surface area contributed by atoms with Gasteiger partial charge in [0.1, 0.15) is 0 Å². The van der Waals surface area contributed by atoms with Crippen molar-refractivity contribution < 1.29 is 4.74 Å². The molecule has 3 nitrogen and oxygen atoms in total. The molecule has 4 heteroatoms. The van der Waals surface area contributed by atoms with E-state index in [4.69, 9.17) is 10.5 Å². The number of hydrogen-bond acceptors (Lipinski definition) is 4. The summed E-state index contributed by atoms with van der Waals surface area (Å²) >= 11 is 1.79. The molecule has 0 amide bonds. The third-order valence-electron chi connectivity index (χ3n) is 2.98. The molecule has 3 atom stereocenters. The molecular formula is C12H20N2OS. The van der Waals surface area contributed by atoms with Gasteiger partial charge in [-0.15, -0.1) is 11.3 Å². The van der Waals surface area contributed by atoms with E-state index in [2.05, 4.69) is 36.3 Å². The molecule has 1 aliphatic heterocycles. The van der Waals surface area contributed by atoms with Gasteiger partial charge >= 0.3 is 0 Å². The first kappa shape index (κ1) is 12.0. The van der Waals surface area contributed by atoms with Gasteiger partial charge in [0.25, 0.3) is 0 Å². The molecule has 90 valence electrons. The number of thiophene rings is 1. The molecule has 1 aromatic rings. The van der Waals surface area contributed by atoms with Crippen LogP contribution in [0.3, 0.4) is 0 Å². The van der Waals surface area contributed by atoms with Crippen LogP contribution < -0.4 is 5.73 Å². The van der Waals surface area contributed by atoms with E-state index in [9.17, 15) is 0 Å². The Kier molecular flexibility index (Phi) is 3.97. The van der Waals surface area contributed by atoms with Gasteiger partial charge in [0, 0.05) is 24.5 Å². The lowest BCUT2D eigenvalue weighted by atomic mass is 10.1. The van der Waals surface area contributed by atoms with Gasteiger partial charge < -0.3 is 10.5 Å². The van der Waals surface area contributed by atoms with E-state index < -0.39 is 0 Å². The van der Waals surface area contributed by atoms with Crippen molar-refractivity contribution in [1.29, 1.82) is 0 Å². The number of ether oxygens (including phenoxy) is 1. The van der Waals surface area contributed by atoms with Crippen molar-refractivity contribution in [2.24, 2.45) is 5.73 Å². The first-order valence-electron chi connectivity index (χ1n) is 5.83. The minimum atomic E-state index is 0.303. The average Bonchev–Trinajstić information content (AvgIpc) is 2.70. The normalized spacial score (nSPS) is 29.2. The highest BCUT2D eigenvalue weighted by atomic mass is 32.1. The zero-order valence-corrected chi connectivity index (χ0v) is 10.7. The molecule has 0 bridgehead atoms. The third-order valence-corrected chi connectivity index (χ3v) is 3.96. The Hall–Kier alpha value is -0.420. The van der Waals surface area contributed by atoms with E-state index in [0.717, 1.165) is 13.1 Å². The Bertz CT molecular complexity index is 305. The zero-order valence-electron chi connectivity index (χ0n) is 9.93. The molecule has 1 saturated heterocycles. The van der Waals surface area contributed by atoms with Gasteiger partial charge in [-0.1, -0.05) is 6.07 Å². The number of hydrogen-bond donors (Lipinski definition) is 1. The Balaban J connectivity index is 2.09. The second-order valence-corrected chi connectivity index (χ2v) is 5.46. The van der Waals surface area contributed by atoms with Crippen LogP contribution in [0, 0.1) is 0 Å². The van der Waals surface area contributed by atoms with E-state index in [1.54, 1.807) is 11.3 Å². The van der Waals surface area contributed by atoms with Crippen LogP contribution in [0.2, 0.25) is 0 Å². The molecule has 1 aliphatic rings. The highest BCUT2D eigenvalue weighted by Gasteiger charge is 2.28. The second-order valence-electron chi connectivity index (χ2n) is 4.48. The first-order valence-corrected chi connectivity index (χ1v) is 6.71. The SMILES string of the molecule is C[C@@H]1CN(C(CN)c2cccs2)C[C@H](C)O1. The zero-order chi connectivity index (χ0) is 11.5. The maximum absolute atomic E-state index is 5.91. The molecular weight excluding hydrogens is 220 g/mol. The first-order chi connectivity index (χ1) is 7.70. The third kappa shape index (κ3) is 2.63. The molecule has 2 N–H and O–H groups in total. The fraction of sp³-hybridized carbons (Fsp3) is 0.667. The fourth-order valence-corrected chi connectivity index (χ4v) is 3.27. The molecule has 1 unspecified atom stereocenters. The number of nitrogens with zero attached hydrogens (tertiary/aromatic N) is 1. The quantitative estimate of drug-likeness (QED) is 0.876. The van der Waals surface area contributed by atoms with E-state index in [1.165, 1.54) is 4.88 Å². The van der Waals surface area contributed by atoms with E-state index >= 15 is 0 Å². The summed E-state index contributed by atoms with van der Waals surface area (Å²) in [6, 6.07) is 4.62. The van der Waals surface area contributed by atoms with E-state index in [1.807, 2.05) is 0 Å². The Morgan fingerprint density at radius 3 is 2.69 bits per heavy atom. The van der Waals surface area contributed by atoms with Crippen LogP contribution in [-0.4, -0.2) is 36.7 Å². The summed E-state index contributed by atoms with van der Waals surface area (Å²) in [5, 5.41) is 2.12.